The van der Waals surface area contributed by atoms with Crippen LogP contribution in [-0.2, 0) is 38.0 Å². The van der Waals surface area contributed by atoms with Crippen LogP contribution in [0.2, 0.25) is 0 Å². The highest BCUT2D eigenvalue weighted by atomic mass is 31.3. The van der Waals surface area contributed by atoms with Crippen molar-refractivity contribution >= 4 is 64.2 Å². The molecule has 0 spiro atoms. The van der Waals surface area contributed by atoms with Crippen molar-refractivity contribution in [1.29, 1.82) is 0 Å². The number of nitrogens with two attached hydrogens (primary N) is 2. The second kappa shape index (κ2) is 19.2. The number of rotatable bonds is 18. The van der Waals surface area contributed by atoms with Gasteiger partial charge in [-0.3, -0.25) is 28.6 Å². The molecule has 1 fully saturated rings. The summed E-state index contributed by atoms with van der Waals surface area (Å²) in [5.41, 5.74) is 15.8. The van der Waals surface area contributed by atoms with E-state index in [2.05, 4.69) is 43.7 Å². The van der Waals surface area contributed by atoms with Crippen molar-refractivity contribution in [3.8, 4) is 11.4 Å². The summed E-state index contributed by atoms with van der Waals surface area (Å²) in [6.07, 6.45) is 4.16. The molecule has 324 valence electrons. The SMILES string of the molecule is Nc1nc(N)c2cc(/C=C/CNC(=O)c3ccc(C(=O)NCCCc4ccnc(-c5ccccn5)c4)cc3)n([C@H]3C[C@H](O)[C@@H](COP(=O)(O)OP(=O)(O)OP(=O)(O)O)O3)c2n1. The molecule has 23 nitrogen and oxygen atoms in total. The monoisotopic (exact) mass is 903 g/mol. The number of phosphoric ester groups is 1. The van der Waals surface area contributed by atoms with Crippen LogP contribution in [0.5, 0.6) is 0 Å². The van der Waals surface area contributed by atoms with Gasteiger partial charge in [-0.05, 0) is 79.1 Å². The number of anilines is 2. The number of aryl methyl sites for hydroxylation is 1. The molecule has 4 aromatic heterocycles. The van der Waals surface area contributed by atoms with E-state index in [1.54, 1.807) is 42.7 Å². The Bertz CT molecular complexity index is 2560. The van der Waals surface area contributed by atoms with E-state index in [1.165, 1.54) is 16.7 Å². The van der Waals surface area contributed by atoms with Crippen molar-refractivity contribution in [2.45, 2.75) is 37.7 Å². The van der Waals surface area contributed by atoms with Crippen molar-refractivity contribution in [3.63, 3.8) is 0 Å². The molecule has 26 heteroatoms. The summed E-state index contributed by atoms with van der Waals surface area (Å²) in [7, 11) is -16.9. The predicted octanol–water partition coefficient (Wildman–Crippen LogP) is 2.85. The van der Waals surface area contributed by atoms with Gasteiger partial charge in [-0.25, -0.2) is 13.7 Å². The summed E-state index contributed by atoms with van der Waals surface area (Å²) in [5, 5.41) is 16.7. The number of ether oxygens (including phenoxy) is 1. The molecule has 0 aliphatic carbocycles. The molecule has 1 saturated heterocycles. The van der Waals surface area contributed by atoms with Crippen molar-refractivity contribution in [2.75, 3.05) is 31.2 Å². The minimum atomic E-state index is -5.77. The Kier molecular flexibility index (Phi) is 14.3. The van der Waals surface area contributed by atoms with Gasteiger partial charge in [0.2, 0.25) is 5.95 Å². The number of amides is 2. The zero-order valence-electron chi connectivity index (χ0n) is 31.7. The van der Waals surface area contributed by atoms with Crippen molar-refractivity contribution in [1.82, 2.24) is 35.1 Å². The number of hydrogen-bond donors (Lipinski definition) is 9. The van der Waals surface area contributed by atoms with Gasteiger partial charge < -0.3 is 51.5 Å². The number of carbonyl (C=O) groups is 2. The summed E-state index contributed by atoms with van der Waals surface area (Å²) >= 11 is 0. The summed E-state index contributed by atoms with van der Waals surface area (Å²) in [6, 6.07) is 17.3. The van der Waals surface area contributed by atoms with Crippen LogP contribution in [0.4, 0.5) is 11.8 Å². The zero-order chi connectivity index (χ0) is 44.0. The Morgan fingerprint density at radius 1 is 0.885 bits per heavy atom. The quantitative estimate of drug-likeness (QED) is 0.0451. The summed E-state index contributed by atoms with van der Waals surface area (Å²) in [5.74, 6) is -0.880. The second-order valence-electron chi connectivity index (χ2n) is 13.3. The van der Waals surface area contributed by atoms with Crippen LogP contribution in [0.3, 0.4) is 0 Å². The molecular weight excluding hydrogens is 863 g/mol. The highest BCUT2D eigenvalue weighted by Gasteiger charge is 2.43. The number of aromatic nitrogens is 5. The number of benzene rings is 1. The average Bonchev–Trinajstić information content (AvgIpc) is 3.75. The lowest BCUT2D eigenvalue weighted by Gasteiger charge is -2.20. The number of nitrogen functional groups attached to an aromatic ring is 2. The van der Waals surface area contributed by atoms with E-state index in [1.807, 2.05) is 30.3 Å². The molecule has 2 amide bonds. The number of aliphatic hydroxyl groups is 1. The first kappa shape index (κ1) is 45.3. The van der Waals surface area contributed by atoms with E-state index in [9.17, 15) is 38.2 Å². The molecule has 1 aromatic carbocycles. The van der Waals surface area contributed by atoms with Crippen LogP contribution < -0.4 is 22.1 Å². The van der Waals surface area contributed by atoms with Crippen molar-refractivity contribution in [3.05, 3.63) is 102 Å². The zero-order valence-corrected chi connectivity index (χ0v) is 34.4. The first-order valence-electron chi connectivity index (χ1n) is 18.1. The van der Waals surface area contributed by atoms with Crippen LogP contribution in [0.1, 0.15) is 51.0 Å². The Labute approximate surface area is 346 Å². The largest absolute Gasteiger partial charge is 0.490 e. The number of aliphatic hydroxyl groups excluding tert-OH is 1. The molecule has 61 heavy (non-hydrogen) atoms. The maximum Gasteiger partial charge on any atom is 0.490 e. The van der Waals surface area contributed by atoms with Crippen LogP contribution in [0.25, 0.3) is 28.5 Å². The van der Waals surface area contributed by atoms with Gasteiger partial charge in [0, 0.05) is 48.7 Å². The van der Waals surface area contributed by atoms with Gasteiger partial charge in [0.15, 0.2) is 0 Å². The van der Waals surface area contributed by atoms with E-state index in [4.69, 9.17) is 26.0 Å². The highest BCUT2D eigenvalue weighted by molar-refractivity contribution is 7.66. The number of hydrogen-bond acceptors (Lipinski definition) is 16. The highest BCUT2D eigenvalue weighted by Crippen LogP contribution is 2.66. The molecule has 5 aromatic rings. The van der Waals surface area contributed by atoms with Gasteiger partial charge in [-0.15, -0.1) is 0 Å². The molecule has 6 rings (SSSR count). The smallest absolute Gasteiger partial charge is 0.390 e. The van der Waals surface area contributed by atoms with Crippen molar-refractivity contribution < 1.29 is 65.8 Å². The van der Waals surface area contributed by atoms with E-state index >= 15 is 0 Å². The van der Waals surface area contributed by atoms with Crippen molar-refractivity contribution in [2.24, 2.45) is 0 Å². The fraction of sp³-hybridized carbons (Fsp3) is 0.257. The number of phosphoric acid groups is 3. The molecule has 0 radical (unpaired) electrons. The Hall–Kier alpha value is -5.25. The molecule has 0 bridgehead atoms. The molecule has 0 saturated carbocycles. The number of fused-ring (bicyclic) bond motifs is 1. The third-order valence-corrected chi connectivity index (χ3v) is 12.6. The lowest BCUT2D eigenvalue weighted by atomic mass is 10.1. The Morgan fingerprint density at radius 2 is 1.59 bits per heavy atom. The van der Waals surface area contributed by atoms with Gasteiger partial charge in [0.05, 0.1) is 29.5 Å². The van der Waals surface area contributed by atoms with Gasteiger partial charge in [0.1, 0.15) is 23.8 Å². The van der Waals surface area contributed by atoms with E-state index in [0.717, 1.165) is 23.4 Å². The van der Waals surface area contributed by atoms with E-state index in [0.29, 0.717) is 35.2 Å². The van der Waals surface area contributed by atoms with E-state index < -0.39 is 54.4 Å². The summed E-state index contributed by atoms with van der Waals surface area (Å²) in [6.45, 7) is -0.433. The first-order chi connectivity index (χ1) is 28.9. The van der Waals surface area contributed by atoms with Crippen LogP contribution in [0, 0.1) is 0 Å². The molecule has 1 aliphatic rings. The summed E-state index contributed by atoms with van der Waals surface area (Å²) < 4.78 is 54.3. The Morgan fingerprint density at radius 3 is 2.28 bits per heavy atom. The lowest BCUT2D eigenvalue weighted by molar-refractivity contribution is -0.0423. The first-order valence-corrected chi connectivity index (χ1v) is 22.6. The van der Waals surface area contributed by atoms with Gasteiger partial charge >= 0.3 is 23.5 Å². The molecule has 11 N–H and O–H groups in total. The van der Waals surface area contributed by atoms with Crippen LogP contribution in [0.15, 0.2) is 79.1 Å². The summed E-state index contributed by atoms with van der Waals surface area (Å²) in [4.78, 5) is 79.4. The fourth-order valence-electron chi connectivity index (χ4n) is 6.17. The normalized spacial score (nSPS) is 18.8. The molecule has 5 atom stereocenters. The van der Waals surface area contributed by atoms with Gasteiger partial charge in [0.25, 0.3) is 11.8 Å². The maximum atomic E-state index is 13.0. The molecule has 1 aliphatic heterocycles. The topological polar surface area (TPSA) is 356 Å². The minimum Gasteiger partial charge on any atom is -0.390 e. The van der Waals surface area contributed by atoms with E-state index in [-0.39, 0.29) is 36.3 Å². The van der Waals surface area contributed by atoms with Gasteiger partial charge in [-0.2, -0.15) is 18.6 Å². The lowest BCUT2D eigenvalue weighted by Crippen LogP contribution is -2.26. The predicted molar refractivity (Wildman–Crippen MR) is 217 cm³/mol. The number of nitrogens with zero attached hydrogens (tertiary/aromatic N) is 5. The number of nitrogens with one attached hydrogen (secondary N) is 2. The standard InChI is InChI=1S/C35H40N9O14P3/c36-31-25-18-24(44(32(25)43-35(37)42-31)30-19-28(45)29(56-30)20-55-60(51,52)58-61(53,54)57-59(48,49)50)6-4-15-41-34(47)23-10-8-22(9-11-23)33(46)40-14-3-5-21-12-16-39-27(17-21)26-7-1-2-13-38-26/h1-2,4,6-13,16-18,28-30,45H,3,5,14-15,19-20H2,(H,40,46)(H,41,47)(H,51,52)(H,53,54)(H2,48,49,50)(H4,36,37,42,43)/b6-4+/t28-,29+,30+/m0/s1. The fourth-order valence-corrected chi connectivity index (χ4v) is 9.20. The Balaban J connectivity index is 1.02. The van der Waals surface area contributed by atoms with Crippen LogP contribution in [-0.4, -0.2) is 92.9 Å². The average molecular weight is 904 g/mol. The van der Waals surface area contributed by atoms with Crippen LogP contribution >= 0.6 is 23.5 Å². The second-order valence-corrected chi connectivity index (χ2v) is 17.7. The molecular formula is C35H40N9O14P3. The number of carbonyl (C=O) groups excluding carboxylic acids is 2. The number of pyridine rings is 2. The maximum absolute atomic E-state index is 13.0. The minimum absolute atomic E-state index is 0.0182. The van der Waals surface area contributed by atoms with Gasteiger partial charge in [-0.1, -0.05) is 12.1 Å². The third-order valence-electron chi connectivity index (χ3n) is 8.84. The third kappa shape index (κ3) is 12.4. The molecule has 5 heterocycles. The molecule has 2 unspecified atom stereocenters.